The Morgan fingerprint density at radius 1 is 0.465 bits per heavy atom. The quantitative estimate of drug-likeness (QED) is 0.0322. The van der Waals surface area contributed by atoms with Crippen LogP contribution in [-0.2, 0) is 52.4 Å². The number of hydrogen-bond donors (Lipinski definition) is 0. The number of ether oxygens (including phenoxy) is 6. The monoisotopic (exact) mass is 1030 g/mol. The lowest BCUT2D eigenvalue weighted by Gasteiger charge is -2.27. The van der Waals surface area contributed by atoms with Crippen molar-refractivity contribution in [1.82, 2.24) is 9.80 Å². The van der Waals surface area contributed by atoms with Gasteiger partial charge < -0.3 is 38.2 Å². The summed E-state index contributed by atoms with van der Waals surface area (Å²) >= 11 is 1.20. The molecule has 1 atom stereocenters. The van der Waals surface area contributed by atoms with E-state index in [-0.39, 0.29) is 75.4 Å². The van der Waals surface area contributed by atoms with Gasteiger partial charge in [-0.1, -0.05) is 130 Å². The molecule has 71 heavy (non-hydrogen) atoms. The van der Waals surface area contributed by atoms with Gasteiger partial charge in [0.2, 0.25) is 0 Å². The van der Waals surface area contributed by atoms with Gasteiger partial charge in [0, 0.05) is 31.7 Å². The first-order valence-electron chi connectivity index (χ1n) is 27.4. The van der Waals surface area contributed by atoms with Crippen molar-refractivity contribution in [3.63, 3.8) is 0 Å². The van der Waals surface area contributed by atoms with Gasteiger partial charge in [-0.2, -0.15) is 0 Å². The molecule has 0 bridgehead atoms. The number of carbonyl (C=O) groups excluding carboxylic acids is 6. The SMILES string of the molecule is CCCCCC(C)(C)COCC(COC(=O)C(C)(C)CCCCC)OC(=O)CCCN(CCCC(=O)OC(COC(=O)C(C)(C)CCCCC)COC(=O)C(C)(C)CCCCC)C(=O)SCCCN(C)C. The molecule has 0 fully saturated rings. The van der Waals surface area contributed by atoms with Crippen molar-refractivity contribution in [2.45, 2.75) is 230 Å². The largest absolute Gasteiger partial charge is 0.461 e. The van der Waals surface area contributed by atoms with Gasteiger partial charge in [0.1, 0.15) is 19.8 Å². The van der Waals surface area contributed by atoms with Crippen molar-refractivity contribution >= 4 is 46.8 Å². The van der Waals surface area contributed by atoms with Crippen LogP contribution in [0.2, 0.25) is 0 Å². The van der Waals surface area contributed by atoms with Gasteiger partial charge in [-0.15, -0.1) is 0 Å². The van der Waals surface area contributed by atoms with Gasteiger partial charge in [0.15, 0.2) is 12.2 Å². The van der Waals surface area contributed by atoms with Crippen molar-refractivity contribution < 1.29 is 57.2 Å². The van der Waals surface area contributed by atoms with Gasteiger partial charge in [-0.25, -0.2) is 0 Å². The van der Waals surface area contributed by atoms with Gasteiger partial charge in [-0.05, 0) is 113 Å². The lowest BCUT2D eigenvalue weighted by atomic mass is 9.87. The average Bonchev–Trinajstić information content (AvgIpc) is 3.29. The summed E-state index contributed by atoms with van der Waals surface area (Å²) in [5, 5.41) is -0.161. The second-order valence-electron chi connectivity index (χ2n) is 22.6. The maximum absolute atomic E-state index is 13.6. The zero-order valence-electron chi connectivity index (χ0n) is 47.6. The molecule has 0 aromatic carbocycles. The predicted molar refractivity (Wildman–Crippen MR) is 286 cm³/mol. The fourth-order valence-electron chi connectivity index (χ4n) is 7.72. The summed E-state index contributed by atoms with van der Waals surface area (Å²) in [4.78, 5) is 83.6. The van der Waals surface area contributed by atoms with E-state index in [1.807, 2.05) is 55.6 Å². The summed E-state index contributed by atoms with van der Waals surface area (Å²) < 4.78 is 34.9. The molecule has 0 aromatic heterocycles. The minimum Gasteiger partial charge on any atom is -0.461 e. The molecule has 0 aliphatic heterocycles. The predicted octanol–water partition coefficient (Wildman–Crippen LogP) is 12.5. The molecule has 0 heterocycles. The van der Waals surface area contributed by atoms with E-state index in [9.17, 15) is 28.8 Å². The van der Waals surface area contributed by atoms with E-state index >= 15 is 0 Å². The van der Waals surface area contributed by atoms with Crippen LogP contribution < -0.4 is 0 Å². The Morgan fingerprint density at radius 3 is 1.20 bits per heavy atom. The third-order valence-electron chi connectivity index (χ3n) is 12.8. The van der Waals surface area contributed by atoms with E-state index in [2.05, 4.69) is 46.4 Å². The summed E-state index contributed by atoms with van der Waals surface area (Å²) in [5.41, 5.74) is -2.22. The summed E-state index contributed by atoms with van der Waals surface area (Å²) in [6.07, 6.45) is 14.7. The van der Waals surface area contributed by atoms with Crippen LogP contribution in [0, 0.1) is 21.7 Å². The molecular weight excluding hydrogens is 925 g/mol. The first-order chi connectivity index (χ1) is 33.4. The molecule has 416 valence electrons. The molecule has 0 spiro atoms. The van der Waals surface area contributed by atoms with Crippen molar-refractivity contribution in [3.05, 3.63) is 0 Å². The molecule has 0 rings (SSSR count). The minimum atomic E-state index is -1.02. The van der Waals surface area contributed by atoms with E-state index in [1.165, 1.54) is 11.8 Å². The van der Waals surface area contributed by atoms with Gasteiger partial charge in [-0.3, -0.25) is 28.8 Å². The van der Waals surface area contributed by atoms with Gasteiger partial charge >= 0.3 is 29.8 Å². The number of hydrogen-bond acceptors (Lipinski definition) is 14. The van der Waals surface area contributed by atoms with Crippen LogP contribution in [0.5, 0.6) is 0 Å². The van der Waals surface area contributed by atoms with Crippen LogP contribution in [0.4, 0.5) is 4.79 Å². The van der Waals surface area contributed by atoms with Crippen LogP contribution in [-0.4, -0.2) is 130 Å². The van der Waals surface area contributed by atoms with Crippen molar-refractivity contribution in [2.24, 2.45) is 21.7 Å². The fourth-order valence-corrected chi connectivity index (χ4v) is 8.53. The van der Waals surface area contributed by atoms with E-state index in [0.29, 0.717) is 38.0 Å². The van der Waals surface area contributed by atoms with E-state index in [1.54, 1.807) is 4.90 Å². The summed E-state index contributed by atoms with van der Waals surface area (Å²) in [6.45, 7) is 25.1. The highest BCUT2D eigenvalue weighted by atomic mass is 32.2. The summed E-state index contributed by atoms with van der Waals surface area (Å²) in [6, 6.07) is 0. The molecule has 14 nitrogen and oxygen atoms in total. The molecule has 0 saturated heterocycles. The minimum absolute atomic E-state index is 0.0104. The third-order valence-corrected chi connectivity index (χ3v) is 13.8. The highest BCUT2D eigenvalue weighted by molar-refractivity contribution is 8.13. The van der Waals surface area contributed by atoms with Crippen molar-refractivity contribution in [1.29, 1.82) is 0 Å². The number of nitrogens with zero attached hydrogens (tertiary/aromatic N) is 2. The smallest absolute Gasteiger partial charge is 0.311 e. The van der Waals surface area contributed by atoms with Crippen LogP contribution in [0.1, 0.15) is 218 Å². The summed E-state index contributed by atoms with van der Waals surface area (Å²) in [7, 11) is 3.96. The zero-order valence-corrected chi connectivity index (χ0v) is 48.4. The number of amides is 1. The van der Waals surface area contributed by atoms with E-state index < -0.39 is 52.3 Å². The second-order valence-corrected chi connectivity index (χ2v) is 23.7. The lowest BCUT2D eigenvalue weighted by molar-refractivity contribution is -0.173. The Labute approximate surface area is 436 Å². The van der Waals surface area contributed by atoms with E-state index in [0.717, 1.165) is 96.4 Å². The molecule has 1 unspecified atom stereocenters. The molecular formula is C56H104N2O12S. The normalized spacial score (nSPS) is 12.7. The fraction of sp³-hybridized carbons (Fsp3) is 0.893. The van der Waals surface area contributed by atoms with Crippen LogP contribution in [0.3, 0.4) is 0 Å². The summed E-state index contributed by atoms with van der Waals surface area (Å²) in [5.74, 6) is -1.63. The third kappa shape index (κ3) is 33.5. The molecule has 0 aliphatic carbocycles. The number of rotatable bonds is 43. The number of thioether (sulfide) groups is 1. The van der Waals surface area contributed by atoms with Crippen LogP contribution >= 0.6 is 11.8 Å². The van der Waals surface area contributed by atoms with E-state index in [4.69, 9.17) is 28.4 Å². The first kappa shape index (κ1) is 68.1. The number of esters is 5. The Balaban J connectivity index is 5.93. The standard InChI is InChI=1S/C56H104N2O12S/c1-15-19-23-32-53(5,6)44-65-40-45(41-66-49(61)54(7,8)33-24-20-16-2)69-47(59)30-27-37-58(52(64)71-39-29-36-57(13)14)38-28-31-48(60)70-46(42-67-50(62)55(9,10)34-25-21-17-3)43-68-51(63)56(11,12)35-26-22-18-4/h45-46H,15-44H2,1-14H3. The Hall–Kier alpha value is -2.91. The molecule has 0 aliphatic rings. The molecule has 0 aromatic rings. The maximum Gasteiger partial charge on any atom is 0.311 e. The van der Waals surface area contributed by atoms with Crippen LogP contribution in [0.25, 0.3) is 0 Å². The van der Waals surface area contributed by atoms with Crippen molar-refractivity contribution in [2.75, 3.05) is 72.5 Å². The van der Waals surface area contributed by atoms with Crippen LogP contribution in [0.15, 0.2) is 0 Å². The highest BCUT2D eigenvalue weighted by Gasteiger charge is 2.34. The van der Waals surface area contributed by atoms with Gasteiger partial charge in [0.25, 0.3) is 5.24 Å². The highest BCUT2D eigenvalue weighted by Crippen LogP contribution is 2.29. The molecule has 1 amide bonds. The second kappa shape index (κ2) is 37.8. The number of carbonyl (C=O) groups is 6. The maximum atomic E-state index is 13.6. The first-order valence-corrected chi connectivity index (χ1v) is 28.4. The Morgan fingerprint density at radius 2 is 0.831 bits per heavy atom. The topological polar surface area (TPSA) is 164 Å². The van der Waals surface area contributed by atoms with Gasteiger partial charge in [0.05, 0.1) is 29.5 Å². The molecule has 0 radical (unpaired) electrons. The Bertz CT molecular complexity index is 1460. The number of unbranched alkanes of at least 4 members (excludes halogenated alkanes) is 8. The molecule has 0 N–H and O–H groups in total. The Kier molecular flexibility index (Phi) is 36.2. The molecule has 0 saturated carbocycles. The average molecular weight is 1030 g/mol. The zero-order chi connectivity index (χ0) is 53.9. The lowest BCUT2D eigenvalue weighted by Crippen LogP contribution is -2.36. The molecule has 15 heteroatoms. The van der Waals surface area contributed by atoms with Crippen molar-refractivity contribution in [3.8, 4) is 0 Å².